The number of carbonyl (C=O) groups excluding carboxylic acids is 2. The van der Waals surface area contributed by atoms with Crippen LogP contribution in [0.25, 0.3) is 0 Å². The van der Waals surface area contributed by atoms with Gasteiger partial charge in [-0.3, -0.25) is 4.79 Å². The van der Waals surface area contributed by atoms with Crippen molar-refractivity contribution in [3.05, 3.63) is 39.8 Å². The topological polar surface area (TPSA) is 77.5 Å². The van der Waals surface area contributed by atoms with Crippen LogP contribution in [0.1, 0.15) is 27.2 Å². The number of anilines is 1. The molecule has 2 aromatic rings. The van der Waals surface area contributed by atoms with Gasteiger partial charge in [-0.2, -0.15) is 0 Å². The number of hydrogen-bond donors (Lipinski definition) is 1. The van der Waals surface area contributed by atoms with Gasteiger partial charge in [0.15, 0.2) is 11.9 Å². The highest BCUT2D eigenvalue weighted by Gasteiger charge is 2.28. The molecule has 114 valence electrons. The van der Waals surface area contributed by atoms with Gasteiger partial charge in [-0.05, 0) is 26.0 Å². The number of carbonyl (C=O) groups is 2. The number of nitrogens with zero attached hydrogens (tertiary/aromatic N) is 1. The lowest BCUT2D eigenvalue weighted by Gasteiger charge is -2.24. The normalized spacial score (nSPS) is 16.5. The van der Waals surface area contributed by atoms with Crippen LogP contribution >= 0.6 is 11.3 Å². The van der Waals surface area contributed by atoms with E-state index in [1.807, 2.05) is 6.92 Å². The van der Waals surface area contributed by atoms with Crippen LogP contribution in [0.2, 0.25) is 0 Å². The fourth-order valence-corrected chi connectivity index (χ4v) is 2.78. The van der Waals surface area contributed by atoms with Crippen molar-refractivity contribution in [2.24, 2.45) is 0 Å². The molecule has 0 radical (unpaired) electrons. The molecule has 1 unspecified atom stereocenters. The first-order valence-corrected chi connectivity index (χ1v) is 7.55. The first-order chi connectivity index (χ1) is 10.5. The molecule has 3 rings (SSSR count). The fraction of sp³-hybridized carbons (Fsp3) is 0.267. The molecule has 1 atom stereocenters. The second-order valence-electron chi connectivity index (χ2n) is 4.85. The molecule has 1 N–H and O–H groups in total. The lowest BCUT2D eigenvalue weighted by Crippen LogP contribution is -2.35. The molecule has 0 saturated heterocycles. The minimum absolute atomic E-state index is 0.163. The standard InChI is InChI=1S/C15H14N2O4S/c1-8-14(18)17-12-5-3-4-11(13(12)21-8)15(19)20-7-10-6-16-9(2)22-10/h3-6,8H,7H2,1-2H3,(H,17,18). The van der Waals surface area contributed by atoms with Crippen LogP contribution < -0.4 is 10.1 Å². The van der Waals surface area contributed by atoms with Crippen LogP contribution in [0.15, 0.2) is 24.4 Å². The number of aryl methyl sites for hydroxylation is 1. The molecule has 1 aromatic carbocycles. The van der Waals surface area contributed by atoms with E-state index >= 15 is 0 Å². The van der Waals surface area contributed by atoms with E-state index in [-0.39, 0.29) is 12.5 Å². The lowest BCUT2D eigenvalue weighted by atomic mass is 10.1. The molecule has 0 aliphatic carbocycles. The van der Waals surface area contributed by atoms with Crippen LogP contribution in [-0.2, 0) is 16.1 Å². The number of nitrogens with one attached hydrogen (secondary N) is 1. The Kier molecular flexibility index (Phi) is 3.81. The van der Waals surface area contributed by atoms with Gasteiger partial charge in [0.25, 0.3) is 5.91 Å². The molecule has 0 spiro atoms. The molecular formula is C15H14N2O4S. The predicted octanol–water partition coefficient (Wildman–Crippen LogP) is 2.53. The van der Waals surface area contributed by atoms with Crippen molar-refractivity contribution in [2.75, 3.05) is 5.32 Å². The molecule has 22 heavy (non-hydrogen) atoms. The Morgan fingerprint density at radius 3 is 3.05 bits per heavy atom. The van der Waals surface area contributed by atoms with Gasteiger partial charge in [-0.1, -0.05) is 6.07 Å². The monoisotopic (exact) mass is 318 g/mol. The first kappa shape index (κ1) is 14.5. The molecule has 0 fully saturated rings. The summed E-state index contributed by atoms with van der Waals surface area (Å²) >= 11 is 1.48. The fourth-order valence-electron chi connectivity index (χ4n) is 2.07. The number of rotatable bonds is 3. The van der Waals surface area contributed by atoms with E-state index < -0.39 is 12.1 Å². The van der Waals surface area contributed by atoms with Crippen LogP contribution in [0.3, 0.4) is 0 Å². The summed E-state index contributed by atoms with van der Waals surface area (Å²) in [6.45, 7) is 3.68. The van der Waals surface area contributed by atoms with Gasteiger partial charge in [-0.25, -0.2) is 9.78 Å². The number of hydrogen-bond acceptors (Lipinski definition) is 6. The summed E-state index contributed by atoms with van der Waals surface area (Å²) in [5, 5.41) is 3.62. The number of esters is 1. The van der Waals surface area contributed by atoms with Gasteiger partial charge >= 0.3 is 5.97 Å². The highest BCUT2D eigenvalue weighted by Crippen LogP contribution is 2.33. The Balaban J connectivity index is 1.78. The van der Waals surface area contributed by atoms with E-state index in [1.165, 1.54) is 11.3 Å². The third-order valence-corrected chi connectivity index (χ3v) is 4.06. The van der Waals surface area contributed by atoms with Gasteiger partial charge in [0.1, 0.15) is 12.2 Å². The van der Waals surface area contributed by atoms with Gasteiger partial charge in [0.2, 0.25) is 0 Å². The summed E-state index contributed by atoms with van der Waals surface area (Å²) in [6, 6.07) is 4.97. The molecule has 1 aromatic heterocycles. The molecule has 0 bridgehead atoms. The smallest absolute Gasteiger partial charge is 0.342 e. The molecule has 6 nitrogen and oxygen atoms in total. The quantitative estimate of drug-likeness (QED) is 0.880. The van der Waals surface area contributed by atoms with Gasteiger partial charge in [0, 0.05) is 6.20 Å². The second kappa shape index (κ2) is 5.76. The summed E-state index contributed by atoms with van der Waals surface area (Å²) in [7, 11) is 0. The Bertz CT molecular complexity index is 741. The Hall–Kier alpha value is -2.41. The SMILES string of the molecule is Cc1ncc(COC(=O)c2cccc3c2OC(C)C(=O)N3)s1. The van der Waals surface area contributed by atoms with Crippen LogP contribution in [0.4, 0.5) is 5.69 Å². The lowest BCUT2D eigenvalue weighted by molar-refractivity contribution is -0.122. The predicted molar refractivity (Wildman–Crippen MR) is 81.1 cm³/mol. The molecule has 1 aliphatic heterocycles. The number of para-hydroxylation sites is 1. The van der Waals surface area contributed by atoms with Gasteiger partial charge in [-0.15, -0.1) is 11.3 Å². The number of thiazole rings is 1. The van der Waals surface area contributed by atoms with Crippen molar-refractivity contribution < 1.29 is 19.1 Å². The van der Waals surface area contributed by atoms with Crippen LogP contribution in [0, 0.1) is 6.92 Å². The maximum atomic E-state index is 12.3. The van der Waals surface area contributed by atoms with E-state index in [9.17, 15) is 9.59 Å². The zero-order valence-corrected chi connectivity index (χ0v) is 12.9. The van der Waals surface area contributed by atoms with Gasteiger partial charge < -0.3 is 14.8 Å². The maximum absolute atomic E-state index is 12.3. The second-order valence-corrected chi connectivity index (χ2v) is 6.17. The first-order valence-electron chi connectivity index (χ1n) is 6.73. The summed E-state index contributed by atoms with van der Waals surface area (Å²) in [5.41, 5.74) is 0.775. The third-order valence-electron chi connectivity index (χ3n) is 3.17. The molecule has 1 amide bonds. The average molecular weight is 318 g/mol. The third kappa shape index (κ3) is 2.80. The van der Waals surface area contributed by atoms with E-state index in [2.05, 4.69) is 10.3 Å². The number of aromatic nitrogens is 1. The van der Waals surface area contributed by atoms with Crippen molar-refractivity contribution in [2.45, 2.75) is 26.6 Å². The molecule has 2 heterocycles. The van der Waals surface area contributed by atoms with Crippen LogP contribution in [0.5, 0.6) is 5.75 Å². The minimum Gasteiger partial charge on any atom is -0.478 e. The largest absolute Gasteiger partial charge is 0.478 e. The molecule has 0 saturated carbocycles. The Labute approximate surface area is 131 Å². The van der Waals surface area contributed by atoms with Crippen molar-refractivity contribution in [1.82, 2.24) is 4.98 Å². The number of benzene rings is 1. The number of fused-ring (bicyclic) bond motifs is 1. The summed E-state index contributed by atoms with van der Waals surface area (Å²) in [5.74, 6) is -0.385. The minimum atomic E-state index is -0.648. The van der Waals surface area contributed by atoms with Crippen LogP contribution in [-0.4, -0.2) is 23.0 Å². The molecular weight excluding hydrogens is 304 g/mol. The summed E-state index contributed by atoms with van der Waals surface area (Å²) in [6.07, 6.45) is 1.04. The van der Waals surface area contributed by atoms with E-state index in [4.69, 9.17) is 9.47 Å². The van der Waals surface area contributed by atoms with E-state index in [0.29, 0.717) is 17.0 Å². The summed E-state index contributed by atoms with van der Waals surface area (Å²) in [4.78, 5) is 28.8. The van der Waals surface area contributed by atoms with E-state index in [1.54, 1.807) is 31.3 Å². The average Bonchev–Trinajstić information content (AvgIpc) is 2.91. The number of ether oxygens (including phenoxy) is 2. The van der Waals surface area contributed by atoms with Crippen molar-refractivity contribution in [3.63, 3.8) is 0 Å². The van der Waals surface area contributed by atoms with Crippen molar-refractivity contribution >= 4 is 28.9 Å². The zero-order valence-electron chi connectivity index (χ0n) is 12.1. The Morgan fingerprint density at radius 2 is 2.32 bits per heavy atom. The highest BCUT2D eigenvalue weighted by atomic mass is 32.1. The maximum Gasteiger partial charge on any atom is 0.342 e. The van der Waals surface area contributed by atoms with Gasteiger partial charge in [0.05, 0.1) is 15.6 Å². The molecule has 7 heteroatoms. The molecule has 1 aliphatic rings. The van der Waals surface area contributed by atoms with Crippen molar-refractivity contribution in [3.8, 4) is 5.75 Å². The summed E-state index contributed by atoms with van der Waals surface area (Å²) < 4.78 is 10.8. The zero-order chi connectivity index (χ0) is 15.7. The van der Waals surface area contributed by atoms with E-state index in [0.717, 1.165) is 9.88 Å². The van der Waals surface area contributed by atoms with Crippen molar-refractivity contribution in [1.29, 1.82) is 0 Å². The Morgan fingerprint density at radius 1 is 1.50 bits per heavy atom. The highest BCUT2D eigenvalue weighted by molar-refractivity contribution is 7.11. The number of amides is 1.